The topological polar surface area (TPSA) is 75.4 Å². The Labute approximate surface area is 120 Å². The second-order valence-corrected chi connectivity index (χ2v) is 4.64. The lowest BCUT2D eigenvalue weighted by molar-refractivity contribution is -0.135. The van der Waals surface area contributed by atoms with Crippen LogP contribution in [0.5, 0.6) is 0 Å². The second kappa shape index (κ2) is 8.32. The number of hydrogen-bond donors (Lipinski definition) is 2. The van der Waals surface area contributed by atoms with Crippen LogP contribution in [0.2, 0.25) is 0 Å². The summed E-state index contributed by atoms with van der Waals surface area (Å²) < 4.78 is 0. The lowest BCUT2D eigenvalue weighted by Crippen LogP contribution is -2.40. The fourth-order valence-electron chi connectivity index (χ4n) is 2.02. The first kappa shape index (κ1) is 16.2. The number of likely N-dealkylation sites (N-methyl/N-ethyl adjacent to an activating group) is 1. The highest BCUT2D eigenvalue weighted by molar-refractivity contribution is 5.85. The van der Waals surface area contributed by atoms with Crippen LogP contribution in [0.15, 0.2) is 24.3 Å². The maximum Gasteiger partial charge on any atom is 0.239 e. The van der Waals surface area contributed by atoms with Crippen molar-refractivity contribution in [3.63, 3.8) is 0 Å². The third-order valence-electron chi connectivity index (χ3n) is 3.14. The molecule has 0 aromatic heterocycles. The Balaban J connectivity index is 2.77. The Morgan fingerprint density at radius 1 is 1.25 bits per heavy atom. The molecule has 3 N–H and O–H groups in total. The number of hydrogen-bond acceptors (Lipinski definition) is 3. The number of benzene rings is 1. The van der Waals surface area contributed by atoms with Gasteiger partial charge in [0, 0.05) is 20.1 Å². The first-order valence-corrected chi connectivity index (χ1v) is 6.87. The molecule has 0 atom stereocenters. The van der Waals surface area contributed by atoms with Crippen molar-refractivity contribution in [1.82, 2.24) is 10.2 Å². The van der Waals surface area contributed by atoms with Gasteiger partial charge in [-0.3, -0.25) is 9.59 Å². The number of carbonyl (C=O) groups is 2. The average Bonchev–Trinajstić information content (AvgIpc) is 2.47. The molecule has 0 aliphatic rings. The zero-order valence-corrected chi connectivity index (χ0v) is 12.2. The molecule has 2 amide bonds. The van der Waals surface area contributed by atoms with Crippen LogP contribution in [-0.2, 0) is 22.6 Å². The minimum atomic E-state index is -0.154. The van der Waals surface area contributed by atoms with E-state index < -0.39 is 0 Å². The Bertz CT molecular complexity index is 460. The van der Waals surface area contributed by atoms with Gasteiger partial charge in [-0.05, 0) is 17.5 Å². The number of nitrogens with two attached hydrogens (primary N) is 1. The predicted octanol–water partition coefficient (Wildman–Crippen LogP) is 0.672. The molecule has 0 unspecified atom stereocenters. The summed E-state index contributed by atoms with van der Waals surface area (Å²) in [5.74, 6) is -0.199. The maximum atomic E-state index is 12.3. The smallest absolute Gasteiger partial charge is 0.239 e. The van der Waals surface area contributed by atoms with Crippen molar-refractivity contribution in [1.29, 1.82) is 0 Å². The van der Waals surface area contributed by atoms with Crippen molar-refractivity contribution in [3.8, 4) is 0 Å². The van der Waals surface area contributed by atoms with Crippen LogP contribution in [0.1, 0.15) is 24.5 Å². The van der Waals surface area contributed by atoms with Crippen molar-refractivity contribution < 1.29 is 9.59 Å². The molecule has 0 heterocycles. The van der Waals surface area contributed by atoms with E-state index in [0.29, 0.717) is 13.1 Å². The number of rotatable bonds is 7. The first-order chi connectivity index (χ1) is 9.62. The van der Waals surface area contributed by atoms with Crippen LogP contribution in [-0.4, -0.2) is 36.9 Å². The molecule has 5 nitrogen and oxygen atoms in total. The molecule has 20 heavy (non-hydrogen) atoms. The molecule has 0 aliphatic heterocycles. The van der Waals surface area contributed by atoms with E-state index in [1.165, 1.54) is 0 Å². The van der Waals surface area contributed by atoms with E-state index in [4.69, 9.17) is 5.73 Å². The lowest BCUT2D eigenvalue weighted by Gasteiger charge is -2.21. The summed E-state index contributed by atoms with van der Waals surface area (Å²) in [7, 11) is 1.57. The van der Waals surface area contributed by atoms with E-state index in [2.05, 4.69) is 5.32 Å². The molecule has 1 aromatic carbocycles. The summed E-state index contributed by atoms with van der Waals surface area (Å²) in [6, 6.07) is 7.63. The summed E-state index contributed by atoms with van der Waals surface area (Å²) >= 11 is 0. The fraction of sp³-hybridized carbons (Fsp3) is 0.467. The number of nitrogens with one attached hydrogen (secondary N) is 1. The van der Waals surface area contributed by atoms with Gasteiger partial charge in [0.1, 0.15) is 0 Å². The number of nitrogens with zero attached hydrogens (tertiary/aromatic N) is 1. The van der Waals surface area contributed by atoms with Gasteiger partial charge >= 0.3 is 0 Å². The van der Waals surface area contributed by atoms with E-state index in [-0.39, 0.29) is 24.8 Å². The van der Waals surface area contributed by atoms with Crippen molar-refractivity contribution in [2.45, 2.75) is 26.3 Å². The predicted molar refractivity (Wildman–Crippen MR) is 79.0 cm³/mol. The molecule has 0 saturated heterocycles. The maximum absolute atomic E-state index is 12.3. The highest BCUT2D eigenvalue weighted by Gasteiger charge is 2.17. The van der Waals surface area contributed by atoms with Crippen molar-refractivity contribution in [2.24, 2.45) is 5.73 Å². The van der Waals surface area contributed by atoms with E-state index in [1.54, 1.807) is 11.9 Å². The van der Waals surface area contributed by atoms with Gasteiger partial charge in [-0.15, -0.1) is 0 Å². The van der Waals surface area contributed by atoms with E-state index in [9.17, 15) is 9.59 Å². The van der Waals surface area contributed by atoms with E-state index >= 15 is 0 Å². The molecule has 1 rings (SSSR count). The fourth-order valence-corrected chi connectivity index (χ4v) is 2.02. The third-order valence-corrected chi connectivity index (χ3v) is 3.14. The molecule has 0 aliphatic carbocycles. The SMILES string of the molecule is CCCN(CC(=O)NC)C(=O)Cc1ccccc1CN. The zero-order chi connectivity index (χ0) is 15.0. The van der Waals surface area contributed by atoms with Gasteiger partial charge in [0.25, 0.3) is 0 Å². The molecule has 0 spiro atoms. The highest BCUT2D eigenvalue weighted by Crippen LogP contribution is 2.10. The summed E-state index contributed by atoms with van der Waals surface area (Å²) in [6.07, 6.45) is 1.10. The van der Waals surface area contributed by atoms with Crippen molar-refractivity contribution in [3.05, 3.63) is 35.4 Å². The average molecular weight is 277 g/mol. The molecule has 5 heteroatoms. The molecule has 0 bridgehead atoms. The monoisotopic (exact) mass is 277 g/mol. The van der Waals surface area contributed by atoms with Gasteiger partial charge < -0.3 is 16.0 Å². The normalized spacial score (nSPS) is 10.2. The Kier molecular flexibility index (Phi) is 6.73. The van der Waals surface area contributed by atoms with Crippen molar-refractivity contribution >= 4 is 11.8 Å². The van der Waals surface area contributed by atoms with Crippen LogP contribution < -0.4 is 11.1 Å². The highest BCUT2D eigenvalue weighted by atomic mass is 16.2. The van der Waals surface area contributed by atoms with Crippen molar-refractivity contribution in [2.75, 3.05) is 20.1 Å². The van der Waals surface area contributed by atoms with Crippen LogP contribution in [0, 0.1) is 0 Å². The molecule has 0 saturated carbocycles. The second-order valence-electron chi connectivity index (χ2n) is 4.64. The molecule has 0 fully saturated rings. The minimum absolute atomic E-state index is 0.0450. The summed E-state index contributed by atoms with van der Waals surface area (Å²) in [5, 5.41) is 2.54. The summed E-state index contributed by atoms with van der Waals surface area (Å²) in [6.45, 7) is 3.08. The molecule has 0 radical (unpaired) electrons. The van der Waals surface area contributed by atoms with Gasteiger partial charge in [0.2, 0.25) is 11.8 Å². The van der Waals surface area contributed by atoms with Crippen LogP contribution >= 0.6 is 0 Å². The molecule has 1 aromatic rings. The zero-order valence-electron chi connectivity index (χ0n) is 12.2. The Morgan fingerprint density at radius 2 is 1.90 bits per heavy atom. The van der Waals surface area contributed by atoms with Crippen LogP contribution in [0.25, 0.3) is 0 Å². The van der Waals surface area contributed by atoms with E-state index in [1.807, 2.05) is 31.2 Å². The number of carbonyl (C=O) groups excluding carboxylic acids is 2. The quantitative estimate of drug-likeness (QED) is 0.769. The van der Waals surface area contributed by atoms with Crippen LogP contribution in [0.3, 0.4) is 0 Å². The van der Waals surface area contributed by atoms with Gasteiger partial charge in [0.05, 0.1) is 13.0 Å². The van der Waals surface area contributed by atoms with Gasteiger partial charge in [-0.2, -0.15) is 0 Å². The standard InChI is InChI=1S/C15H23N3O2/c1-3-8-18(11-14(19)17-2)15(20)9-12-6-4-5-7-13(12)10-16/h4-7H,3,8-11,16H2,1-2H3,(H,17,19). The molecular formula is C15H23N3O2. The minimum Gasteiger partial charge on any atom is -0.358 e. The summed E-state index contributed by atoms with van der Waals surface area (Å²) in [4.78, 5) is 25.4. The van der Waals surface area contributed by atoms with Gasteiger partial charge in [-0.1, -0.05) is 31.2 Å². The Hall–Kier alpha value is -1.88. The third kappa shape index (κ3) is 4.66. The summed E-state index contributed by atoms with van der Waals surface area (Å²) in [5.41, 5.74) is 7.57. The lowest BCUT2D eigenvalue weighted by atomic mass is 10.0. The number of amides is 2. The Morgan fingerprint density at radius 3 is 2.45 bits per heavy atom. The first-order valence-electron chi connectivity index (χ1n) is 6.87. The largest absolute Gasteiger partial charge is 0.358 e. The van der Waals surface area contributed by atoms with E-state index in [0.717, 1.165) is 17.5 Å². The molecular weight excluding hydrogens is 254 g/mol. The van der Waals surface area contributed by atoms with Crippen LogP contribution in [0.4, 0.5) is 0 Å². The molecule has 110 valence electrons. The van der Waals surface area contributed by atoms with Gasteiger partial charge in [-0.25, -0.2) is 0 Å². The van der Waals surface area contributed by atoms with Gasteiger partial charge in [0.15, 0.2) is 0 Å².